The molecule has 0 spiro atoms. The minimum absolute atomic E-state index is 0.120. The van der Waals surface area contributed by atoms with Crippen LogP contribution in [0.5, 0.6) is 0 Å². The summed E-state index contributed by atoms with van der Waals surface area (Å²) in [5, 5.41) is 17.6. The molecule has 2 aromatic heterocycles. The number of aryl methyl sites for hydroxylation is 1. The highest BCUT2D eigenvalue weighted by Crippen LogP contribution is 2.30. The third-order valence-corrected chi connectivity index (χ3v) is 9.77. The number of nitrogens with one attached hydrogen (secondary N) is 1. The van der Waals surface area contributed by atoms with Crippen LogP contribution in [-0.2, 0) is 16.6 Å². The summed E-state index contributed by atoms with van der Waals surface area (Å²) >= 11 is 0. The number of hydrogen-bond donors (Lipinski definition) is 2. The van der Waals surface area contributed by atoms with Gasteiger partial charge in [0, 0.05) is 43.1 Å². The number of aliphatic hydroxyl groups is 1. The van der Waals surface area contributed by atoms with Gasteiger partial charge in [0.25, 0.3) is 0 Å². The molecular weight excluding hydrogens is 478 g/mol. The molecule has 0 atom stereocenters. The van der Waals surface area contributed by atoms with Crippen LogP contribution in [0.1, 0.15) is 57.9 Å². The van der Waals surface area contributed by atoms with Crippen LogP contribution in [0.25, 0.3) is 11.3 Å². The van der Waals surface area contributed by atoms with E-state index in [9.17, 15) is 13.5 Å². The Balaban J connectivity index is 1.35. The van der Waals surface area contributed by atoms with E-state index in [2.05, 4.69) is 34.4 Å². The van der Waals surface area contributed by atoms with Crippen LogP contribution in [0, 0.1) is 6.92 Å². The van der Waals surface area contributed by atoms with E-state index in [1.165, 1.54) is 0 Å². The minimum atomic E-state index is -3.26. The molecule has 0 bridgehead atoms. The maximum atomic E-state index is 13.3. The predicted molar refractivity (Wildman–Crippen MR) is 141 cm³/mol. The van der Waals surface area contributed by atoms with Gasteiger partial charge >= 0.3 is 0 Å². The third kappa shape index (κ3) is 6.42. The van der Waals surface area contributed by atoms with E-state index in [0.717, 1.165) is 55.3 Å². The molecule has 36 heavy (non-hydrogen) atoms. The maximum absolute atomic E-state index is 13.3. The summed E-state index contributed by atoms with van der Waals surface area (Å²) in [6.45, 7) is 6.89. The normalized spacial score (nSPS) is 22.8. The van der Waals surface area contributed by atoms with E-state index in [-0.39, 0.29) is 11.3 Å². The lowest BCUT2D eigenvalue weighted by atomic mass is 9.94. The van der Waals surface area contributed by atoms with E-state index in [4.69, 9.17) is 4.98 Å². The lowest BCUT2D eigenvalue weighted by Gasteiger charge is -2.37. The molecule has 1 aliphatic heterocycles. The number of rotatable bonds is 8. The van der Waals surface area contributed by atoms with Crippen LogP contribution < -0.4 is 5.32 Å². The zero-order chi connectivity index (χ0) is 26.1. The lowest BCUT2D eigenvalue weighted by molar-refractivity contribution is 0.0577. The van der Waals surface area contributed by atoms with Crippen molar-refractivity contribution < 1.29 is 13.5 Å². The summed E-state index contributed by atoms with van der Waals surface area (Å²) in [7, 11) is 0.884. The van der Waals surface area contributed by atoms with E-state index in [1.54, 1.807) is 35.2 Å². The van der Waals surface area contributed by atoms with E-state index >= 15 is 0 Å². The molecule has 0 aromatic carbocycles. The second kappa shape index (κ2) is 10.7. The number of aromatic nitrogens is 4. The molecule has 1 saturated carbocycles. The standard InChI is InChI=1S/C25H41N7O3S/c1-18-14-26-24(29-23(18)19-15-27-31(16-19)17-25(2,3)33)28-20-10-12-32(13-11-20)36(34,35)22-8-6-21(7-9-22)30(4)5/h14-16,20-22,33H,6-13,17H2,1-5H3,(H,26,28,29). The quantitative estimate of drug-likeness (QED) is 0.547. The van der Waals surface area contributed by atoms with Gasteiger partial charge in [0.1, 0.15) is 0 Å². The van der Waals surface area contributed by atoms with Gasteiger partial charge in [-0.3, -0.25) is 4.68 Å². The topological polar surface area (TPSA) is 116 Å². The van der Waals surface area contributed by atoms with Crippen molar-refractivity contribution in [1.82, 2.24) is 29.0 Å². The number of sulfonamides is 1. The van der Waals surface area contributed by atoms with Gasteiger partial charge in [-0.25, -0.2) is 22.7 Å². The van der Waals surface area contributed by atoms with E-state index < -0.39 is 15.6 Å². The molecule has 0 radical (unpaired) electrons. The lowest BCUT2D eigenvalue weighted by Crippen LogP contribution is -2.47. The van der Waals surface area contributed by atoms with Crippen molar-refractivity contribution in [2.75, 3.05) is 32.5 Å². The molecule has 2 aromatic rings. The SMILES string of the molecule is Cc1cnc(NC2CCN(S(=O)(=O)C3CCC(N(C)C)CC3)CC2)nc1-c1cnn(CC(C)(C)O)c1. The van der Waals surface area contributed by atoms with Gasteiger partial charge in [0.2, 0.25) is 16.0 Å². The summed E-state index contributed by atoms with van der Waals surface area (Å²) in [5.41, 5.74) is 1.74. The first-order valence-corrected chi connectivity index (χ1v) is 14.4. The van der Waals surface area contributed by atoms with Crippen LogP contribution in [0.4, 0.5) is 5.95 Å². The minimum Gasteiger partial charge on any atom is -0.389 e. The average molecular weight is 520 g/mol. The highest BCUT2D eigenvalue weighted by Gasteiger charge is 2.37. The molecule has 2 N–H and O–H groups in total. The first-order valence-electron chi connectivity index (χ1n) is 12.9. The number of hydrogen-bond acceptors (Lipinski definition) is 8. The van der Waals surface area contributed by atoms with Gasteiger partial charge in [-0.05, 0) is 79.0 Å². The largest absolute Gasteiger partial charge is 0.389 e. The summed E-state index contributed by atoms with van der Waals surface area (Å²) < 4.78 is 29.9. The summed E-state index contributed by atoms with van der Waals surface area (Å²) in [6, 6.07) is 0.607. The number of nitrogens with zero attached hydrogens (tertiary/aromatic N) is 6. The zero-order valence-corrected chi connectivity index (χ0v) is 23.0. The second-order valence-corrected chi connectivity index (χ2v) is 13.4. The molecule has 0 amide bonds. The van der Waals surface area contributed by atoms with Gasteiger partial charge in [-0.15, -0.1) is 0 Å². The van der Waals surface area contributed by atoms with Crippen molar-refractivity contribution >= 4 is 16.0 Å². The Morgan fingerprint density at radius 3 is 2.39 bits per heavy atom. The summed E-state index contributed by atoms with van der Waals surface area (Å²) in [4.78, 5) is 11.4. The molecule has 10 nitrogen and oxygen atoms in total. The first kappa shape index (κ1) is 27.0. The van der Waals surface area contributed by atoms with Gasteiger partial charge in [-0.1, -0.05) is 0 Å². The Morgan fingerprint density at radius 2 is 1.78 bits per heavy atom. The summed E-state index contributed by atoms with van der Waals surface area (Å²) in [6.07, 6.45) is 10.3. The van der Waals surface area contributed by atoms with Crippen LogP contribution in [0.3, 0.4) is 0 Å². The Kier molecular flexibility index (Phi) is 8.04. The van der Waals surface area contributed by atoms with Crippen molar-refractivity contribution in [2.24, 2.45) is 0 Å². The fraction of sp³-hybridized carbons (Fsp3) is 0.720. The van der Waals surface area contributed by atoms with Crippen molar-refractivity contribution in [2.45, 2.75) is 88.8 Å². The Bertz CT molecular complexity index is 1130. The Hall–Kier alpha value is -2.08. The molecule has 3 heterocycles. The first-order chi connectivity index (χ1) is 16.9. The second-order valence-electron chi connectivity index (χ2n) is 11.2. The van der Waals surface area contributed by atoms with Crippen LogP contribution >= 0.6 is 0 Å². The maximum Gasteiger partial charge on any atom is 0.223 e. The van der Waals surface area contributed by atoms with Gasteiger partial charge in [0.15, 0.2) is 0 Å². The zero-order valence-electron chi connectivity index (χ0n) is 22.2. The molecule has 4 rings (SSSR count). The molecule has 0 unspecified atom stereocenters. The Morgan fingerprint density at radius 1 is 1.11 bits per heavy atom. The monoisotopic (exact) mass is 519 g/mol. The van der Waals surface area contributed by atoms with Gasteiger partial charge < -0.3 is 15.3 Å². The van der Waals surface area contributed by atoms with Crippen molar-refractivity contribution in [3.05, 3.63) is 24.2 Å². The molecular formula is C25H41N7O3S. The number of piperidine rings is 1. The van der Waals surface area contributed by atoms with Crippen molar-refractivity contribution in [3.8, 4) is 11.3 Å². The molecule has 200 valence electrons. The smallest absolute Gasteiger partial charge is 0.223 e. The van der Waals surface area contributed by atoms with Crippen molar-refractivity contribution in [1.29, 1.82) is 0 Å². The Labute approximate surface area is 215 Å². The van der Waals surface area contributed by atoms with E-state index in [0.29, 0.717) is 31.6 Å². The molecule has 1 aliphatic carbocycles. The fourth-order valence-corrected chi connectivity index (χ4v) is 7.29. The van der Waals surface area contributed by atoms with Crippen LogP contribution in [0.2, 0.25) is 0 Å². The van der Waals surface area contributed by atoms with E-state index in [1.807, 2.05) is 13.1 Å². The highest BCUT2D eigenvalue weighted by atomic mass is 32.2. The average Bonchev–Trinajstić information content (AvgIpc) is 3.27. The molecule has 2 fully saturated rings. The molecule has 1 saturated heterocycles. The van der Waals surface area contributed by atoms with Crippen molar-refractivity contribution in [3.63, 3.8) is 0 Å². The number of anilines is 1. The summed E-state index contributed by atoms with van der Waals surface area (Å²) in [5.74, 6) is 0.536. The van der Waals surface area contributed by atoms with Gasteiger partial charge in [-0.2, -0.15) is 5.10 Å². The highest BCUT2D eigenvalue weighted by molar-refractivity contribution is 7.89. The van der Waals surface area contributed by atoms with Gasteiger partial charge in [0.05, 0.1) is 29.3 Å². The van der Waals surface area contributed by atoms with Crippen LogP contribution in [-0.4, -0.2) is 92.6 Å². The van der Waals surface area contributed by atoms with Crippen LogP contribution in [0.15, 0.2) is 18.6 Å². The third-order valence-electron chi connectivity index (χ3n) is 7.37. The molecule has 2 aliphatic rings. The molecule has 11 heteroatoms. The predicted octanol–water partition coefficient (Wildman–Crippen LogP) is 2.50. The fourth-order valence-electron chi connectivity index (χ4n) is 5.28.